The number of hydrogen-bond donors (Lipinski definition) is 2. The predicted octanol–water partition coefficient (Wildman–Crippen LogP) is 3.41. The minimum atomic E-state index is 0. The largest absolute Gasteiger partial charge is 0.317 e. The van der Waals surface area contributed by atoms with Crippen molar-refractivity contribution in [2.45, 2.75) is 25.8 Å². The first kappa shape index (κ1) is 15.8. The zero-order chi connectivity index (χ0) is 12.1. The van der Waals surface area contributed by atoms with Crippen LogP contribution in [0.4, 0.5) is 0 Å². The van der Waals surface area contributed by atoms with Crippen molar-refractivity contribution in [2.75, 3.05) is 19.6 Å². The van der Waals surface area contributed by atoms with Gasteiger partial charge in [-0.15, -0.1) is 12.4 Å². The van der Waals surface area contributed by atoms with Crippen LogP contribution in [0.25, 0.3) is 0 Å². The minimum Gasteiger partial charge on any atom is -0.317 e. The predicted molar refractivity (Wildman–Crippen MR) is 80.7 cm³/mol. The molecule has 2 N–H and O–H groups in total. The lowest BCUT2D eigenvalue weighted by Gasteiger charge is -2.25. The van der Waals surface area contributed by atoms with E-state index in [2.05, 4.69) is 29.7 Å². The Morgan fingerprint density at radius 1 is 1.28 bits per heavy atom. The number of rotatable bonds is 4. The molecule has 18 heavy (non-hydrogen) atoms. The summed E-state index contributed by atoms with van der Waals surface area (Å²) >= 11 is 5.89. The quantitative estimate of drug-likeness (QED) is 0.887. The van der Waals surface area contributed by atoms with Crippen molar-refractivity contribution >= 4 is 24.0 Å². The summed E-state index contributed by atoms with van der Waals surface area (Å²) in [6.45, 7) is 5.67. The van der Waals surface area contributed by atoms with Crippen LogP contribution in [0.5, 0.6) is 0 Å². The Morgan fingerprint density at radius 3 is 2.50 bits per heavy atom. The monoisotopic (exact) mass is 288 g/mol. The minimum absolute atomic E-state index is 0. The molecule has 0 saturated carbocycles. The third-order valence-corrected chi connectivity index (χ3v) is 3.79. The van der Waals surface area contributed by atoms with Crippen molar-refractivity contribution in [1.29, 1.82) is 0 Å². The first-order chi connectivity index (χ1) is 8.25. The van der Waals surface area contributed by atoms with Crippen LogP contribution >= 0.6 is 24.0 Å². The molecule has 0 bridgehead atoms. The lowest BCUT2D eigenvalue weighted by Crippen LogP contribution is -2.34. The zero-order valence-electron chi connectivity index (χ0n) is 10.8. The Labute approximate surface area is 121 Å². The van der Waals surface area contributed by atoms with Gasteiger partial charge >= 0.3 is 0 Å². The molecule has 1 aromatic carbocycles. The Bertz CT molecular complexity index is 334. The highest BCUT2D eigenvalue weighted by atomic mass is 35.5. The SMILES string of the molecule is C[C@H](NCC1CCNCC1)c1ccc(Cl)cc1.Cl. The number of halogens is 2. The normalized spacial score (nSPS) is 18.1. The molecule has 102 valence electrons. The average Bonchev–Trinajstić information content (AvgIpc) is 2.38. The molecule has 0 spiro atoms. The molecule has 0 aromatic heterocycles. The smallest absolute Gasteiger partial charge is 0.0406 e. The molecule has 1 atom stereocenters. The van der Waals surface area contributed by atoms with Gasteiger partial charge in [-0.1, -0.05) is 23.7 Å². The Morgan fingerprint density at radius 2 is 1.89 bits per heavy atom. The molecule has 1 heterocycles. The second kappa shape index (κ2) is 8.00. The topological polar surface area (TPSA) is 24.1 Å². The number of nitrogens with one attached hydrogen (secondary N) is 2. The fraction of sp³-hybridized carbons (Fsp3) is 0.571. The van der Waals surface area contributed by atoms with Crippen molar-refractivity contribution in [3.05, 3.63) is 34.9 Å². The molecular formula is C14H22Cl2N2. The van der Waals surface area contributed by atoms with E-state index in [1.807, 2.05) is 12.1 Å². The fourth-order valence-corrected chi connectivity index (χ4v) is 2.42. The highest BCUT2D eigenvalue weighted by Crippen LogP contribution is 2.17. The molecule has 2 nitrogen and oxygen atoms in total. The van der Waals surface area contributed by atoms with E-state index in [1.54, 1.807) is 0 Å². The first-order valence-corrected chi connectivity index (χ1v) is 6.83. The molecule has 0 amide bonds. The van der Waals surface area contributed by atoms with Gasteiger partial charge < -0.3 is 10.6 Å². The molecule has 4 heteroatoms. The number of piperidine rings is 1. The van der Waals surface area contributed by atoms with Crippen LogP contribution in [-0.2, 0) is 0 Å². The lowest BCUT2D eigenvalue weighted by atomic mass is 9.97. The lowest BCUT2D eigenvalue weighted by molar-refractivity contribution is 0.345. The molecule has 1 aliphatic rings. The van der Waals surface area contributed by atoms with E-state index >= 15 is 0 Å². The molecular weight excluding hydrogens is 267 g/mol. The van der Waals surface area contributed by atoms with Crippen LogP contribution < -0.4 is 10.6 Å². The highest BCUT2D eigenvalue weighted by molar-refractivity contribution is 6.30. The van der Waals surface area contributed by atoms with E-state index in [4.69, 9.17) is 11.6 Å². The third kappa shape index (κ3) is 4.77. The van der Waals surface area contributed by atoms with Gasteiger partial charge in [0.2, 0.25) is 0 Å². The summed E-state index contributed by atoms with van der Waals surface area (Å²) in [7, 11) is 0. The maximum atomic E-state index is 5.89. The van der Waals surface area contributed by atoms with Gasteiger partial charge in [-0.3, -0.25) is 0 Å². The highest BCUT2D eigenvalue weighted by Gasteiger charge is 2.14. The third-order valence-electron chi connectivity index (χ3n) is 3.54. The molecule has 1 aromatic rings. The molecule has 1 fully saturated rings. The molecule has 0 unspecified atom stereocenters. The average molecular weight is 289 g/mol. The summed E-state index contributed by atoms with van der Waals surface area (Å²) in [6, 6.07) is 8.52. The van der Waals surface area contributed by atoms with E-state index < -0.39 is 0 Å². The second-order valence-corrected chi connectivity index (χ2v) is 5.31. The summed E-state index contributed by atoms with van der Waals surface area (Å²) < 4.78 is 0. The van der Waals surface area contributed by atoms with E-state index in [0.717, 1.165) is 17.5 Å². The summed E-state index contributed by atoms with van der Waals surface area (Å²) in [5, 5.41) is 7.82. The van der Waals surface area contributed by atoms with Crippen LogP contribution in [-0.4, -0.2) is 19.6 Å². The van der Waals surface area contributed by atoms with E-state index in [-0.39, 0.29) is 12.4 Å². The van der Waals surface area contributed by atoms with Gasteiger partial charge in [0.1, 0.15) is 0 Å². The molecule has 2 rings (SSSR count). The van der Waals surface area contributed by atoms with Crippen molar-refractivity contribution in [2.24, 2.45) is 5.92 Å². The summed E-state index contributed by atoms with van der Waals surface area (Å²) in [5.74, 6) is 0.825. The van der Waals surface area contributed by atoms with Crippen molar-refractivity contribution in [3.63, 3.8) is 0 Å². The summed E-state index contributed by atoms with van der Waals surface area (Å²) in [5.41, 5.74) is 1.31. The van der Waals surface area contributed by atoms with Gasteiger partial charge in [-0.05, 0) is 63.0 Å². The Balaban J connectivity index is 0.00000162. The molecule has 1 aliphatic heterocycles. The number of benzene rings is 1. The zero-order valence-corrected chi connectivity index (χ0v) is 12.4. The molecule has 0 aliphatic carbocycles. The van der Waals surface area contributed by atoms with Gasteiger partial charge in [0.25, 0.3) is 0 Å². The van der Waals surface area contributed by atoms with E-state index in [9.17, 15) is 0 Å². The van der Waals surface area contributed by atoms with Gasteiger partial charge in [0.05, 0.1) is 0 Å². The van der Waals surface area contributed by atoms with Crippen LogP contribution in [0.1, 0.15) is 31.4 Å². The molecule has 0 radical (unpaired) electrons. The van der Waals surface area contributed by atoms with E-state index in [0.29, 0.717) is 6.04 Å². The Kier molecular flexibility index (Phi) is 7.02. The fourth-order valence-electron chi connectivity index (χ4n) is 2.30. The molecule has 1 saturated heterocycles. The van der Waals surface area contributed by atoms with Crippen molar-refractivity contribution in [1.82, 2.24) is 10.6 Å². The van der Waals surface area contributed by atoms with Crippen LogP contribution in [0.3, 0.4) is 0 Å². The van der Waals surface area contributed by atoms with Gasteiger partial charge in [-0.25, -0.2) is 0 Å². The van der Waals surface area contributed by atoms with Crippen LogP contribution in [0, 0.1) is 5.92 Å². The van der Waals surface area contributed by atoms with Crippen LogP contribution in [0.15, 0.2) is 24.3 Å². The maximum absolute atomic E-state index is 5.89. The number of hydrogen-bond acceptors (Lipinski definition) is 2. The Hall–Kier alpha value is -0.280. The van der Waals surface area contributed by atoms with Gasteiger partial charge in [-0.2, -0.15) is 0 Å². The van der Waals surface area contributed by atoms with Gasteiger partial charge in [0.15, 0.2) is 0 Å². The van der Waals surface area contributed by atoms with E-state index in [1.165, 1.54) is 31.5 Å². The summed E-state index contributed by atoms with van der Waals surface area (Å²) in [4.78, 5) is 0. The van der Waals surface area contributed by atoms with Crippen molar-refractivity contribution < 1.29 is 0 Å². The second-order valence-electron chi connectivity index (χ2n) is 4.87. The van der Waals surface area contributed by atoms with Gasteiger partial charge in [0, 0.05) is 11.1 Å². The van der Waals surface area contributed by atoms with Crippen molar-refractivity contribution in [3.8, 4) is 0 Å². The maximum Gasteiger partial charge on any atom is 0.0406 e. The van der Waals surface area contributed by atoms with Crippen LogP contribution in [0.2, 0.25) is 5.02 Å². The standard InChI is InChI=1S/C14H21ClN2.ClH/c1-11(13-2-4-14(15)5-3-13)17-10-12-6-8-16-9-7-12;/h2-5,11-12,16-17H,6-10H2,1H3;1H/t11-;/m0./s1. The summed E-state index contributed by atoms with van der Waals surface area (Å²) in [6.07, 6.45) is 2.58. The first-order valence-electron chi connectivity index (χ1n) is 6.45.